The van der Waals surface area contributed by atoms with Crippen LogP contribution in [0.15, 0.2) is 18.2 Å². The van der Waals surface area contributed by atoms with Crippen LogP contribution in [0.3, 0.4) is 0 Å². The lowest BCUT2D eigenvalue weighted by Gasteiger charge is -2.25. The van der Waals surface area contributed by atoms with Crippen molar-refractivity contribution >= 4 is 12.1 Å². The molecule has 1 atom stereocenters. The SMILES string of the molecule is CCCC(C)N(C=O)c1cccc(F)c1F. The average molecular weight is 227 g/mol. The molecular formula is C12H15F2NO. The molecule has 1 unspecified atom stereocenters. The molecule has 0 aliphatic carbocycles. The topological polar surface area (TPSA) is 20.3 Å². The van der Waals surface area contributed by atoms with Gasteiger partial charge in [-0.1, -0.05) is 19.4 Å². The van der Waals surface area contributed by atoms with Crippen LogP contribution in [-0.2, 0) is 4.79 Å². The summed E-state index contributed by atoms with van der Waals surface area (Å²) in [6.45, 7) is 3.78. The number of rotatable bonds is 5. The van der Waals surface area contributed by atoms with E-state index in [0.717, 1.165) is 18.9 Å². The Bertz CT molecular complexity index is 368. The highest BCUT2D eigenvalue weighted by atomic mass is 19.2. The molecule has 0 spiro atoms. The van der Waals surface area contributed by atoms with Crippen LogP contribution in [0.2, 0.25) is 0 Å². The predicted molar refractivity (Wildman–Crippen MR) is 59.3 cm³/mol. The molecule has 1 amide bonds. The molecule has 1 rings (SSSR count). The molecule has 0 heterocycles. The zero-order valence-electron chi connectivity index (χ0n) is 9.41. The fourth-order valence-corrected chi connectivity index (χ4v) is 1.65. The Morgan fingerprint density at radius 2 is 2.12 bits per heavy atom. The highest BCUT2D eigenvalue weighted by Gasteiger charge is 2.18. The van der Waals surface area contributed by atoms with Gasteiger partial charge in [-0.15, -0.1) is 0 Å². The average Bonchev–Trinajstić information content (AvgIpc) is 2.25. The highest BCUT2D eigenvalue weighted by molar-refractivity contribution is 5.76. The number of amides is 1. The molecule has 2 nitrogen and oxygen atoms in total. The fraction of sp³-hybridized carbons (Fsp3) is 0.417. The van der Waals surface area contributed by atoms with E-state index in [4.69, 9.17) is 0 Å². The van der Waals surface area contributed by atoms with Crippen molar-refractivity contribution in [3.63, 3.8) is 0 Å². The molecule has 0 saturated carbocycles. The molecule has 0 fully saturated rings. The third-order valence-electron chi connectivity index (χ3n) is 2.50. The molecule has 1 aromatic carbocycles. The van der Waals surface area contributed by atoms with Gasteiger partial charge in [-0.05, 0) is 25.5 Å². The number of halogens is 2. The van der Waals surface area contributed by atoms with Gasteiger partial charge in [0.2, 0.25) is 6.41 Å². The van der Waals surface area contributed by atoms with Crippen LogP contribution >= 0.6 is 0 Å². The minimum Gasteiger partial charge on any atom is -0.309 e. The van der Waals surface area contributed by atoms with Gasteiger partial charge in [0.25, 0.3) is 0 Å². The summed E-state index contributed by atoms with van der Waals surface area (Å²) >= 11 is 0. The molecule has 1 aromatic rings. The Labute approximate surface area is 93.9 Å². The minimum absolute atomic E-state index is 0.00375. The summed E-state index contributed by atoms with van der Waals surface area (Å²) in [4.78, 5) is 12.1. The van der Waals surface area contributed by atoms with E-state index in [2.05, 4.69) is 0 Å². The number of carbonyl (C=O) groups is 1. The normalized spacial score (nSPS) is 12.2. The molecule has 0 bridgehead atoms. The van der Waals surface area contributed by atoms with Crippen LogP contribution in [0, 0.1) is 11.6 Å². The Balaban J connectivity index is 3.03. The highest BCUT2D eigenvalue weighted by Crippen LogP contribution is 2.23. The first-order valence-corrected chi connectivity index (χ1v) is 5.29. The first-order chi connectivity index (χ1) is 7.61. The molecule has 4 heteroatoms. The second-order valence-corrected chi connectivity index (χ2v) is 3.72. The van der Waals surface area contributed by atoms with E-state index >= 15 is 0 Å². The largest absolute Gasteiger partial charge is 0.309 e. The lowest BCUT2D eigenvalue weighted by atomic mass is 10.1. The maximum absolute atomic E-state index is 13.5. The van der Waals surface area contributed by atoms with E-state index in [1.807, 2.05) is 13.8 Å². The van der Waals surface area contributed by atoms with Crippen LogP contribution in [-0.4, -0.2) is 12.5 Å². The van der Waals surface area contributed by atoms with Crippen molar-refractivity contribution in [3.05, 3.63) is 29.8 Å². The van der Waals surface area contributed by atoms with Crippen molar-refractivity contribution in [3.8, 4) is 0 Å². The summed E-state index contributed by atoms with van der Waals surface area (Å²) in [5, 5.41) is 0. The molecule has 0 aliphatic heterocycles. The third-order valence-corrected chi connectivity index (χ3v) is 2.50. The van der Waals surface area contributed by atoms with Gasteiger partial charge in [0.15, 0.2) is 11.6 Å². The van der Waals surface area contributed by atoms with Gasteiger partial charge in [0, 0.05) is 6.04 Å². The van der Waals surface area contributed by atoms with Crippen LogP contribution in [0.25, 0.3) is 0 Å². The third kappa shape index (κ3) is 2.56. The second kappa shape index (κ2) is 5.58. The van der Waals surface area contributed by atoms with Gasteiger partial charge in [0.05, 0.1) is 5.69 Å². The van der Waals surface area contributed by atoms with Gasteiger partial charge in [0.1, 0.15) is 0 Å². The lowest BCUT2D eigenvalue weighted by molar-refractivity contribution is -0.107. The molecule has 0 N–H and O–H groups in total. The summed E-state index contributed by atoms with van der Waals surface area (Å²) in [6.07, 6.45) is 2.16. The summed E-state index contributed by atoms with van der Waals surface area (Å²) in [5.41, 5.74) is -0.00375. The van der Waals surface area contributed by atoms with Gasteiger partial charge in [-0.3, -0.25) is 4.79 Å². The van der Waals surface area contributed by atoms with E-state index in [0.29, 0.717) is 6.41 Å². The van der Waals surface area contributed by atoms with Crippen LogP contribution in [0.4, 0.5) is 14.5 Å². The number of hydrogen-bond acceptors (Lipinski definition) is 1. The van der Waals surface area contributed by atoms with E-state index in [-0.39, 0.29) is 11.7 Å². The zero-order valence-corrected chi connectivity index (χ0v) is 9.41. The summed E-state index contributed by atoms with van der Waals surface area (Å²) < 4.78 is 26.5. The summed E-state index contributed by atoms with van der Waals surface area (Å²) in [6, 6.07) is 3.69. The quantitative estimate of drug-likeness (QED) is 0.708. The van der Waals surface area contributed by atoms with Gasteiger partial charge >= 0.3 is 0 Å². The smallest absolute Gasteiger partial charge is 0.214 e. The van der Waals surface area contributed by atoms with Crippen molar-refractivity contribution in [2.24, 2.45) is 0 Å². The van der Waals surface area contributed by atoms with E-state index in [1.165, 1.54) is 17.0 Å². The molecule has 0 saturated heterocycles. The molecular weight excluding hydrogens is 212 g/mol. The summed E-state index contributed by atoms with van der Waals surface area (Å²) in [5.74, 6) is -1.91. The maximum atomic E-state index is 13.5. The summed E-state index contributed by atoms with van der Waals surface area (Å²) in [7, 11) is 0. The lowest BCUT2D eigenvalue weighted by Crippen LogP contribution is -2.32. The number of anilines is 1. The Morgan fingerprint density at radius 3 is 2.69 bits per heavy atom. The first kappa shape index (κ1) is 12.6. The Morgan fingerprint density at radius 1 is 1.44 bits per heavy atom. The minimum atomic E-state index is -0.974. The standard InChI is InChI=1S/C12H15F2NO/c1-3-5-9(2)15(8-16)11-7-4-6-10(13)12(11)14/h4,6-9H,3,5H2,1-2H3. The van der Waals surface area contributed by atoms with Crippen molar-refractivity contribution in [2.45, 2.75) is 32.7 Å². The molecule has 0 aliphatic rings. The number of hydrogen-bond donors (Lipinski definition) is 0. The van der Waals surface area contributed by atoms with Crippen molar-refractivity contribution < 1.29 is 13.6 Å². The second-order valence-electron chi connectivity index (χ2n) is 3.72. The molecule has 88 valence electrons. The predicted octanol–water partition coefficient (Wildman–Crippen LogP) is 3.12. The van der Waals surface area contributed by atoms with Crippen LogP contribution in [0.1, 0.15) is 26.7 Å². The molecule has 16 heavy (non-hydrogen) atoms. The van der Waals surface area contributed by atoms with Gasteiger partial charge in [-0.2, -0.15) is 0 Å². The zero-order chi connectivity index (χ0) is 12.1. The van der Waals surface area contributed by atoms with Crippen molar-refractivity contribution in [2.75, 3.05) is 4.90 Å². The fourth-order valence-electron chi connectivity index (χ4n) is 1.65. The molecule has 0 radical (unpaired) electrons. The Kier molecular flexibility index (Phi) is 4.40. The van der Waals surface area contributed by atoms with Crippen LogP contribution < -0.4 is 4.90 Å². The van der Waals surface area contributed by atoms with Crippen molar-refractivity contribution in [1.29, 1.82) is 0 Å². The van der Waals surface area contributed by atoms with Gasteiger partial charge in [-0.25, -0.2) is 8.78 Å². The van der Waals surface area contributed by atoms with E-state index in [9.17, 15) is 13.6 Å². The number of nitrogens with zero attached hydrogens (tertiary/aromatic N) is 1. The molecule has 0 aromatic heterocycles. The monoisotopic (exact) mass is 227 g/mol. The number of carbonyl (C=O) groups excluding carboxylic acids is 1. The van der Waals surface area contributed by atoms with E-state index in [1.54, 1.807) is 0 Å². The van der Waals surface area contributed by atoms with Gasteiger partial charge < -0.3 is 4.90 Å². The Hall–Kier alpha value is -1.45. The maximum Gasteiger partial charge on any atom is 0.214 e. The number of benzene rings is 1. The van der Waals surface area contributed by atoms with Crippen molar-refractivity contribution in [1.82, 2.24) is 0 Å². The van der Waals surface area contributed by atoms with Crippen LogP contribution in [0.5, 0.6) is 0 Å². The van der Waals surface area contributed by atoms with E-state index < -0.39 is 11.6 Å². The first-order valence-electron chi connectivity index (χ1n) is 5.29.